The molecule has 0 heterocycles. The Balaban J connectivity index is 2.88. The van der Waals surface area contributed by atoms with Gasteiger partial charge >= 0.3 is 0 Å². The zero-order valence-electron chi connectivity index (χ0n) is 12.5. The fourth-order valence-electron chi connectivity index (χ4n) is 1.90. The average Bonchev–Trinajstić information content (AvgIpc) is 2.46. The molecule has 0 N–H and O–H groups in total. The van der Waals surface area contributed by atoms with Crippen LogP contribution in [0.4, 0.5) is 0 Å². The summed E-state index contributed by atoms with van der Waals surface area (Å²) in [6, 6.07) is 10.3. The van der Waals surface area contributed by atoms with Crippen LogP contribution < -0.4 is 0 Å². The summed E-state index contributed by atoms with van der Waals surface area (Å²) < 4.78 is 13.5. The van der Waals surface area contributed by atoms with Gasteiger partial charge in [0.15, 0.2) is 0 Å². The molecule has 0 saturated heterocycles. The van der Waals surface area contributed by atoms with Gasteiger partial charge < -0.3 is 9.05 Å². The molecule has 0 fully saturated rings. The largest absolute Gasteiger partial charge is 0.318 e. The molecule has 0 bridgehead atoms. The van der Waals surface area contributed by atoms with Gasteiger partial charge in [-0.25, -0.2) is 4.67 Å². The van der Waals surface area contributed by atoms with Gasteiger partial charge in [-0.3, -0.25) is 0 Å². The monoisotopic (exact) mass is 333 g/mol. The van der Waals surface area contributed by atoms with Crippen LogP contribution >= 0.6 is 19.3 Å². The van der Waals surface area contributed by atoms with Crippen molar-refractivity contribution in [3.05, 3.63) is 35.9 Å². The van der Waals surface area contributed by atoms with E-state index in [1.807, 2.05) is 43.8 Å². The molecule has 0 amide bonds. The molecule has 114 valence electrons. The molecule has 1 aromatic rings. The van der Waals surface area contributed by atoms with Crippen LogP contribution in [0.5, 0.6) is 0 Å². The maximum Gasteiger partial charge on any atom is 0.263 e. The third-order valence-electron chi connectivity index (χ3n) is 3.16. The number of hydrogen-bond donors (Lipinski definition) is 1. The molecular formula is C14H24NO2PS2. The Labute approximate surface area is 133 Å². The predicted molar refractivity (Wildman–Crippen MR) is 92.9 cm³/mol. The fourth-order valence-corrected chi connectivity index (χ4v) is 5.13. The van der Waals surface area contributed by atoms with Gasteiger partial charge in [0.1, 0.15) is 0 Å². The van der Waals surface area contributed by atoms with Gasteiger partial charge in [0.2, 0.25) is 0 Å². The second-order valence-corrected chi connectivity index (χ2v) is 8.50. The van der Waals surface area contributed by atoms with Crippen molar-refractivity contribution in [2.75, 3.05) is 20.3 Å². The average molecular weight is 333 g/mol. The summed E-state index contributed by atoms with van der Waals surface area (Å²) in [5.41, 5.74) is 1.17. The van der Waals surface area contributed by atoms with Crippen LogP contribution in [0.3, 0.4) is 0 Å². The quantitative estimate of drug-likeness (QED) is 0.566. The van der Waals surface area contributed by atoms with Gasteiger partial charge in [0.05, 0.1) is 13.2 Å². The van der Waals surface area contributed by atoms with E-state index in [9.17, 15) is 0 Å². The van der Waals surface area contributed by atoms with Crippen molar-refractivity contribution in [1.82, 2.24) is 4.67 Å². The predicted octanol–water partition coefficient (Wildman–Crippen LogP) is 4.28. The Kier molecular flexibility index (Phi) is 7.73. The first-order chi connectivity index (χ1) is 9.46. The smallest absolute Gasteiger partial charge is 0.263 e. The van der Waals surface area contributed by atoms with E-state index in [1.165, 1.54) is 5.56 Å². The van der Waals surface area contributed by atoms with E-state index in [0.29, 0.717) is 13.2 Å². The van der Waals surface area contributed by atoms with Gasteiger partial charge in [-0.2, -0.15) is 12.6 Å². The Morgan fingerprint density at radius 1 is 1.20 bits per heavy atom. The third-order valence-corrected chi connectivity index (χ3v) is 7.60. The lowest BCUT2D eigenvalue weighted by Gasteiger charge is -2.36. The van der Waals surface area contributed by atoms with Crippen LogP contribution in [0.15, 0.2) is 30.3 Å². The number of nitrogens with zero attached hydrogens (tertiary/aromatic N) is 1. The molecule has 0 aliphatic rings. The molecule has 0 aliphatic carbocycles. The van der Waals surface area contributed by atoms with Crippen molar-refractivity contribution in [2.24, 2.45) is 0 Å². The van der Waals surface area contributed by atoms with E-state index < -0.39 is 6.64 Å². The molecule has 20 heavy (non-hydrogen) atoms. The van der Waals surface area contributed by atoms with Crippen molar-refractivity contribution in [1.29, 1.82) is 0 Å². The lowest BCUT2D eigenvalue weighted by molar-refractivity contribution is 0.209. The Morgan fingerprint density at radius 2 is 1.70 bits per heavy atom. The zero-order valence-corrected chi connectivity index (χ0v) is 15.1. The third kappa shape index (κ3) is 4.55. The van der Waals surface area contributed by atoms with Crippen LogP contribution in [0, 0.1) is 0 Å². The SMILES string of the molecule is CCOP(=S)(OCC)N(C)[C@H](C)[C@@H](S)c1ccccc1. The van der Waals surface area contributed by atoms with E-state index in [2.05, 4.69) is 19.1 Å². The van der Waals surface area contributed by atoms with Crippen LogP contribution in [-0.4, -0.2) is 31.0 Å². The summed E-state index contributed by atoms with van der Waals surface area (Å²) in [5, 5.41) is 0.0597. The molecule has 1 rings (SSSR count). The van der Waals surface area contributed by atoms with Gasteiger partial charge in [-0.1, -0.05) is 30.3 Å². The molecule has 0 saturated carbocycles. The highest BCUT2D eigenvalue weighted by molar-refractivity contribution is 8.08. The van der Waals surface area contributed by atoms with Crippen LogP contribution in [0.2, 0.25) is 0 Å². The van der Waals surface area contributed by atoms with Gasteiger partial charge in [-0.15, -0.1) is 0 Å². The van der Waals surface area contributed by atoms with Gasteiger partial charge in [0.25, 0.3) is 6.64 Å². The summed E-state index contributed by atoms with van der Waals surface area (Å²) in [6.07, 6.45) is 0. The molecule has 0 unspecified atom stereocenters. The molecule has 2 atom stereocenters. The fraction of sp³-hybridized carbons (Fsp3) is 0.571. The molecule has 0 spiro atoms. The number of hydrogen-bond acceptors (Lipinski definition) is 4. The lowest BCUT2D eigenvalue weighted by Crippen LogP contribution is -2.31. The van der Waals surface area contributed by atoms with Crippen molar-refractivity contribution in [3.8, 4) is 0 Å². The summed E-state index contributed by atoms with van der Waals surface area (Å²) in [6.45, 7) is 4.66. The standard InChI is InChI=1S/C14H24NO2PS2/c1-5-16-18(20,17-6-2)15(4)12(3)14(19)13-10-8-7-9-11-13/h7-12,14,19H,5-6H2,1-4H3/t12-,14-/m1/s1. The first-order valence-electron chi connectivity index (χ1n) is 6.81. The highest BCUT2D eigenvalue weighted by Gasteiger charge is 2.32. The molecule has 6 heteroatoms. The molecule has 0 aliphatic heterocycles. The highest BCUT2D eigenvalue weighted by Crippen LogP contribution is 2.54. The minimum absolute atomic E-state index is 0.0597. The van der Waals surface area contributed by atoms with E-state index in [1.54, 1.807) is 0 Å². The summed E-state index contributed by atoms with van der Waals surface area (Å²) in [7, 11) is 1.96. The normalized spacial score (nSPS) is 15.3. The first-order valence-corrected chi connectivity index (χ1v) is 9.92. The highest BCUT2D eigenvalue weighted by atomic mass is 32.5. The molecule has 1 aromatic carbocycles. The number of rotatable bonds is 8. The molecule has 3 nitrogen and oxygen atoms in total. The zero-order chi connectivity index (χ0) is 15.2. The van der Waals surface area contributed by atoms with E-state index in [-0.39, 0.29) is 11.3 Å². The van der Waals surface area contributed by atoms with Crippen LogP contribution in [0.25, 0.3) is 0 Å². The minimum Gasteiger partial charge on any atom is -0.318 e. The Morgan fingerprint density at radius 3 is 2.15 bits per heavy atom. The first kappa shape index (κ1) is 18.1. The Hall–Kier alpha value is 0.1000. The molecular weight excluding hydrogens is 309 g/mol. The number of thiol groups is 1. The van der Waals surface area contributed by atoms with E-state index >= 15 is 0 Å². The topological polar surface area (TPSA) is 21.7 Å². The van der Waals surface area contributed by atoms with E-state index in [4.69, 9.17) is 33.5 Å². The maximum absolute atomic E-state index is 5.73. The van der Waals surface area contributed by atoms with Crippen molar-refractivity contribution in [2.45, 2.75) is 32.1 Å². The molecule has 0 radical (unpaired) electrons. The summed E-state index contributed by atoms with van der Waals surface area (Å²) >= 11 is 10.4. The van der Waals surface area contributed by atoms with Gasteiger partial charge in [0, 0.05) is 11.3 Å². The van der Waals surface area contributed by atoms with Crippen molar-refractivity contribution in [3.63, 3.8) is 0 Å². The lowest BCUT2D eigenvalue weighted by atomic mass is 10.1. The summed E-state index contributed by atoms with van der Waals surface area (Å²) in [4.78, 5) is 0. The maximum atomic E-state index is 5.73. The number of benzene rings is 1. The van der Waals surface area contributed by atoms with Gasteiger partial charge in [-0.05, 0) is 45.2 Å². The van der Waals surface area contributed by atoms with E-state index in [0.717, 1.165) is 0 Å². The van der Waals surface area contributed by atoms with Crippen LogP contribution in [-0.2, 0) is 20.9 Å². The van der Waals surface area contributed by atoms with Crippen molar-refractivity contribution >= 4 is 31.1 Å². The Bertz CT molecular complexity index is 434. The second-order valence-electron chi connectivity index (χ2n) is 4.47. The molecule has 0 aromatic heterocycles. The minimum atomic E-state index is -2.42. The number of likely N-dealkylation sites (N-methyl/N-ethyl adjacent to an activating group) is 1. The van der Waals surface area contributed by atoms with Crippen LogP contribution in [0.1, 0.15) is 31.6 Å². The van der Waals surface area contributed by atoms with Crippen molar-refractivity contribution < 1.29 is 9.05 Å². The summed E-state index contributed by atoms with van der Waals surface area (Å²) in [5.74, 6) is 0. The second kappa shape index (κ2) is 8.52.